The van der Waals surface area contributed by atoms with Gasteiger partial charge < -0.3 is 5.11 Å². The van der Waals surface area contributed by atoms with E-state index in [0.29, 0.717) is 10.7 Å². The van der Waals surface area contributed by atoms with Crippen molar-refractivity contribution in [3.63, 3.8) is 0 Å². The van der Waals surface area contributed by atoms with Crippen molar-refractivity contribution < 1.29 is 5.11 Å². The van der Waals surface area contributed by atoms with Gasteiger partial charge in [0.1, 0.15) is 11.4 Å². The lowest BCUT2D eigenvalue weighted by atomic mass is 10.3. The lowest BCUT2D eigenvalue weighted by Gasteiger charge is -2.07. The molecule has 1 aromatic heterocycles. The molecule has 0 atom stereocenters. The highest BCUT2D eigenvalue weighted by Crippen LogP contribution is 2.24. The number of benzene rings is 1. The number of nitriles is 1. The lowest BCUT2D eigenvalue weighted by molar-refractivity contribution is 0.459. The van der Waals surface area contributed by atoms with Crippen LogP contribution in [0.3, 0.4) is 0 Å². The van der Waals surface area contributed by atoms with Gasteiger partial charge in [0.05, 0.1) is 28.2 Å². The molecule has 96 valence electrons. The number of rotatable bonds is 2. The summed E-state index contributed by atoms with van der Waals surface area (Å²) in [6, 6.07) is 7.44. The van der Waals surface area contributed by atoms with E-state index in [2.05, 4.69) is 5.10 Å². The zero-order valence-electron chi connectivity index (χ0n) is 9.47. The molecule has 0 unspecified atom stereocenters. The van der Waals surface area contributed by atoms with E-state index >= 15 is 0 Å². The zero-order valence-corrected chi connectivity index (χ0v) is 11.0. The van der Waals surface area contributed by atoms with Gasteiger partial charge in [-0.05, 0) is 18.2 Å². The standard InChI is InChI=1S/C12H7Cl2N3O2/c13-8-2-1-7(5-9(8)14)17-12(19)6-11(18)10(16-17)3-4-15/h1-2,5-6,18H,3H2. The predicted octanol–water partition coefficient (Wildman–Crippen LogP) is 2.31. The number of aromatic nitrogens is 2. The first-order valence-corrected chi connectivity index (χ1v) is 5.93. The van der Waals surface area contributed by atoms with Gasteiger partial charge in [-0.25, -0.2) is 0 Å². The molecule has 0 radical (unpaired) electrons. The van der Waals surface area contributed by atoms with Crippen molar-refractivity contribution in [3.05, 3.63) is 50.4 Å². The maximum Gasteiger partial charge on any atom is 0.275 e. The summed E-state index contributed by atoms with van der Waals surface area (Å²) in [5.74, 6) is -0.303. The van der Waals surface area contributed by atoms with Crippen LogP contribution in [-0.4, -0.2) is 14.9 Å². The molecule has 0 aliphatic carbocycles. The normalized spacial score (nSPS) is 10.2. The van der Waals surface area contributed by atoms with Crippen molar-refractivity contribution in [1.82, 2.24) is 9.78 Å². The van der Waals surface area contributed by atoms with E-state index < -0.39 is 5.56 Å². The van der Waals surface area contributed by atoms with Crippen LogP contribution in [0.2, 0.25) is 10.0 Å². The van der Waals surface area contributed by atoms with E-state index in [1.54, 1.807) is 6.07 Å². The SMILES string of the molecule is N#CCc1nn(-c2ccc(Cl)c(Cl)c2)c(=O)cc1O. The summed E-state index contributed by atoms with van der Waals surface area (Å²) >= 11 is 11.7. The highest BCUT2D eigenvalue weighted by molar-refractivity contribution is 6.42. The Hall–Kier alpha value is -2.03. The van der Waals surface area contributed by atoms with E-state index in [-0.39, 0.29) is 22.9 Å². The second-order valence-corrected chi connectivity index (χ2v) is 4.47. The molecule has 0 fully saturated rings. The Labute approximate surface area is 118 Å². The summed E-state index contributed by atoms with van der Waals surface area (Å²) in [7, 11) is 0. The molecule has 1 N–H and O–H groups in total. The Morgan fingerprint density at radius 3 is 2.68 bits per heavy atom. The van der Waals surface area contributed by atoms with E-state index in [4.69, 9.17) is 28.5 Å². The summed E-state index contributed by atoms with van der Waals surface area (Å²) in [4.78, 5) is 11.8. The molecular formula is C12H7Cl2N3O2. The van der Waals surface area contributed by atoms with E-state index in [0.717, 1.165) is 10.7 Å². The van der Waals surface area contributed by atoms with Crippen LogP contribution < -0.4 is 5.56 Å². The molecule has 2 aromatic rings. The summed E-state index contributed by atoms with van der Waals surface area (Å²) < 4.78 is 1.05. The Morgan fingerprint density at radius 2 is 2.05 bits per heavy atom. The van der Waals surface area contributed by atoms with Gasteiger partial charge >= 0.3 is 0 Å². The lowest BCUT2D eigenvalue weighted by Crippen LogP contribution is -2.21. The Bertz CT molecular complexity index is 735. The molecule has 0 saturated carbocycles. The van der Waals surface area contributed by atoms with Crippen molar-refractivity contribution in [2.75, 3.05) is 0 Å². The van der Waals surface area contributed by atoms with Gasteiger partial charge in [0.2, 0.25) is 0 Å². The van der Waals surface area contributed by atoms with Crippen LogP contribution in [0, 0.1) is 11.3 Å². The fourth-order valence-corrected chi connectivity index (χ4v) is 1.78. The molecule has 1 aromatic carbocycles. The fourth-order valence-electron chi connectivity index (χ4n) is 1.49. The molecule has 5 nitrogen and oxygen atoms in total. The second-order valence-electron chi connectivity index (χ2n) is 3.66. The van der Waals surface area contributed by atoms with Crippen molar-refractivity contribution in [1.29, 1.82) is 5.26 Å². The van der Waals surface area contributed by atoms with Gasteiger partial charge in [-0.1, -0.05) is 23.2 Å². The van der Waals surface area contributed by atoms with Gasteiger partial charge in [0.15, 0.2) is 0 Å². The Morgan fingerprint density at radius 1 is 1.32 bits per heavy atom. The monoisotopic (exact) mass is 295 g/mol. The van der Waals surface area contributed by atoms with Crippen LogP contribution in [0.1, 0.15) is 5.69 Å². The van der Waals surface area contributed by atoms with Gasteiger partial charge in [-0.2, -0.15) is 15.0 Å². The third-order valence-corrected chi connectivity index (χ3v) is 3.12. The van der Waals surface area contributed by atoms with E-state index in [1.165, 1.54) is 12.1 Å². The molecule has 0 aliphatic rings. The largest absolute Gasteiger partial charge is 0.506 e. The minimum absolute atomic E-state index is 0.104. The Kier molecular flexibility index (Phi) is 3.74. The van der Waals surface area contributed by atoms with Crippen LogP contribution in [0.25, 0.3) is 5.69 Å². The summed E-state index contributed by atoms with van der Waals surface area (Å²) in [5, 5.41) is 22.7. The molecule has 7 heteroatoms. The molecule has 0 aliphatic heterocycles. The summed E-state index contributed by atoms with van der Waals surface area (Å²) in [6.45, 7) is 0. The highest BCUT2D eigenvalue weighted by Gasteiger charge is 2.10. The number of hydrogen-bond donors (Lipinski definition) is 1. The zero-order chi connectivity index (χ0) is 14.0. The molecular weight excluding hydrogens is 289 g/mol. The maximum atomic E-state index is 11.8. The number of nitrogens with zero attached hydrogens (tertiary/aromatic N) is 3. The first-order chi connectivity index (χ1) is 9.02. The van der Waals surface area contributed by atoms with Crippen molar-refractivity contribution in [2.24, 2.45) is 0 Å². The third kappa shape index (κ3) is 2.70. The molecule has 0 amide bonds. The van der Waals surface area contributed by atoms with Crippen LogP contribution in [0.4, 0.5) is 0 Å². The summed E-state index contributed by atoms with van der Waals surface area (Å²) in [5.41, 5.74) is -0.00987. The minimum atomic E-state index is -0.530. The van der Waals surface area contributed by atoms with Crippen LogP contribution in [0.15, 0.2) is 29.1 Å². The van der Waals surface area contributed by atoms with Crippen LogP contribution in [-0.2, 0) is 6.42 Å². The number of aromatic hydroxyl groups is 1. The fraction of sp³-hybridized carbons (Fsp3) is 0.0833. The van der Waals surface area contributed by atoms with Crippen LogP contribution >= 0.6 is 23.2 Å². The Balaban J connectivity index is 2.61. The van der Waals surface area contributed by atoms with Crippen molar-refractivity contribution >= 4 is 23.2 Å². The van der Waals surface area contributed by atoms with Gasteiger partial charge in [0.25, 0.3) is 5.56 Å². The summed E-state index contributed by atoms with van der Waals surface area (Å²) in [6.07, 6.45) is -0.104. The predicted molar refractivity (Wildman–Crippen MR) is 70.8 cm³/mol. The van der Waals surface area contributed by atoms with Gasteiger partial charge in [0, 0.05) is 6.07 Å². The van der Waals surface area contributed by atoms with E-state index in [9.17, 15) is 9.90 Å². The number of hydrogen-bond acceptors (Lipinski definition) is 4. The molecule has 2 rings (SSSR count). The third-order valence-electron chi connectivity index (χ3n) is 2.38. The highest BCUT2D eigenvalue weighted by atomic mass is 35.5. The maximum absolute atomic E-state index is 11.8. The average Bonchev–Trinajstić information content (AvgIpc) is 2.36. The quantitative estimate of drug-likeness (QED) is 0.922. The van der Waals surface area contributed by atoms with E-state index in [1.807, 2.05) is 6.07 Å². The molecule has 19 heavy (non-hydrogen) atoms. The van der Waals surface area contributed by atoms with Crippen molar-refractivity contribution in [3.8, 4) is 17.5 Å². The molecule has 0 saturated heterocycles. The smallest absolute Gasteiger partial charge is 0.275 e. The number of halogens is 2. The topological polar surface area (TPSA) is 78.9 Å². The molecule has 1 heterocycles. The van der Waals surface area contributed by atoms with Crippen molar-refractivity contribution in [2.45, 2.75) is 6.42 Å². The average molecular weight is 296 g/mol. The first kappa shape index (κ1) is 13.4. The minimum Gasteiger partial charge on any atom is -0.506 e. The van der Waals surface area contributed by atoms with Crippen LogP contribution in [0.5, 0.6) is 5.75 Å². The molecule has 0 spiro atoms. The molecule has 0 bridgehead atoms. The first-order valence-electron chi connectivity index (χ1n) is 5.17. The second kappa shape index (κ2) is 5.31. The van der Waals surface area contributed by atoms with Gasteiger partial charge in [-0.15, -0.1) is 0 Å². The van der Waals surface area contributed by atoms with Gasteiger partial charge in [-0.3, -0.25) is 4.79 Å².